The first-order valence-electron chi connectivity index (χ1n) is 10.9. The number of ketones is 1. The molecule has 0 unspecified atom stereocenters. The minimum Gasteiger partial charge on any atom is -0.376 e. The fourth-order valence-electron chi connectivity index (χ4n) is 4.22. The summed E-state index contributed by atoms with van der Waals surface area (Å²) in [5, 5.41) is 9.28. The number of fused-ring (bicyclic) bond motifs is 1. The van der Waals surface area contributed by atoms with Crippen LogP contribution in [0, 0.1) is 5.82 Å². The third kappa shape index (κ3) is 4.43. The van der Waals surface area contributed by atoms with Crippen LogP contribution in [0.1, 0.15) is 28.8 Å². The normalized spacial score (nSPS) is 17.6. The predicted octanol–water partition coefficient (Wildman–Crippen LogP) is 3.76. The molecule has 33 heavy (non-hydrogen) atoms. The lowest BCUT2D eigenvalue weighted by atomic mass is 10.1. The van der Waals surface area contributed by atoms with Crippen molar-refractivity contribution in [2.24, 2.45) is 0 Å². The van der Waals surface area contributed by atoms with Crippen LogP contribution >= 0.6 is 11.8 Å². The summed E-state index contributed by atoms with van der Waals surface area (Å²) in [6.45, 7) is 1.30. The lowest BCUT2D eigenvalue weighted by Gasteiger charge is -2.14. The highest BCUT2D eigenvalue weighted by molar-refractivity contribution is 7.99. The SMILES string of the molecule is CN1C(=O)Cc2cc(C(=O)CSc3nnc(-c4ccc(F)cc4)n3C[C@H]3CCCO3)ccc21. The van der Waals surface area contributed by atoms with Crippen molar-refractivity contribution < 1.29 is 18.7 Å². The van der Waals surface area contributed by atoms with Gasteiger partial charge in [-0.3, -0.25) is 14.2 Å². The average Bonchev–Trinajstić information content (AvgIpc) is 3.54. The maximum Gasteiger partial charge on any atom is 0.231 e. The Bertz CT molecular complexity index is 1200. The highest BCUT2D eigenvalue weighted by Crippen LogP contribution is 2.30. The molecule has 1 atom stereocenters. The third-order valence-electron chi connectivity index (χ3n) is 6.04. The summed E-state index contributed by atoms with van der Waals surface area (Å²) in [7, 11) is 1.74. The van der Waals surface area contributed by atoms with E-state index in [1.54, 1.807) is 36.2 Å². The van der Waals surface area contributed by atoms with Crippen molar-refractivity contribution in [1.29, 1.82) is 0 Å². The van der Waals surface area contributed by atoms with Gasteiger partial charge in [0, 0.05) is 30.5 Å². The Hall–Kier alpha value is -3.04. The Morgan fingerprint density at radius 1 is 1.21 bits per heavy atom. The molecular weight excluding hydrogens is 443 g/mol. The van der Waals surface area contributed by atoms with Gasteiger partial charge in [-0.25, -0.2) is 4.39 Å². The number of Topliss-reactive ketones (excluding diaryl/α,β-unsaturated/α-hetero) is 1. The number of amides is 1. The molecule has 2 aromatic carbocycles. The van der Waals surface area contributed by atoms with Crippen LogP contribution in [-0.4, -0.2) is 52.0 Å². The molecule has 3 aromatic rings. The van der Waals surface area contributed by atoms with Crippen molar-refractivity contribution in [2.45, 2.75) is 37.1 Å². The number of ether oxygens (including phenoxy) is 1. The van der Waals surface area contributed by atoms with Gasteiger partial charge in [0.05, 0.1) is 24.8 Å². The van der Waals surface area contributed by atoms with Crippen LogP contribution in [0.3, 0.4) is 0 Å². The van der Waals surface area contributed by atoms with Crippen molar-refractivity contribution in [2.75, 3.05) is 24.3 Å². The van der Waals surface area contributed by atoms with E-state index in [2.05, 4.69) is 10.2 Å². The van der Waals surface area contributed by atoms with Crippen molar-refractivity contribution in [3.8, 4) is 11.4 Å². The first-order chi connectivity index (χ1) is 16.0. The molecule has 3 heterocycles. The van der Waals surface area contributed by atoms with Crippen LogP contribution in [0.15, 0.2) is 47.6 Å². The highest BCUT2D eigenvalue weighted by Gasteiger charge is 2.26. The first kappa shape index (κ1) is 21.8. The van der Waals surface area contributed by atoms with E-state index < -0.39 is 0 Å². The number of rotatable bonds is 7. The largest absolute Gasteiger partial charge is 0.376 e. The summed E-state index contributed by atoms with van der Waals surface area (Å²) in [4.78, 5) is 26.5. The fourth-order valence-corrected chi connectivity index (χ4v) is 5.06. The number of nitrogens with zero attached hydrogens (tertiary/aromatic N) is 4. The maximum atomic E-state index is 13.4. The molecule has 170 valence electrons. The van der Waals surface area contributed by atoms with Gasteiger partial charge in [-0.05, 0) is 60.9 Å². The summed E-state index contributed by atoms with van der Waals surface area (Å²) < 4.78 is 21.2. The molecular formula is C24H23FN4O3S. The Morgan fingerprint density at radius 2 is 2.03 bits per heavy atom. The zero-order valence-corrected chi connectivity index (χ0v) is 19.0. The summed E-state index contributed by atoms with van der Waals surface area (Å²) in [5.41, 5.74) is 3.06. The number of carbonyl (C=O) groups excluding carboxylic acids is 2. The number of hydrogen-bond donors (Lipinski definition) is 0. The topological polar surface area (TPSA) is 77.3 Å². The molecule has 0 aliphatic carbocycles. The number of benzene rings is 2. The van der Waals surface area contributed by atoms with Crippen LogP contribution in [0.2, 0.25) is 0 Å². The summed E-state index contributed by atoms with van der Waals surface area (Å²) in [5.74, 6) is 0.487. The van der Waals surface area contributed by atoms with Crippen LogP contribution in [0.4, 0.5) is 10.1 Å². The van der Waals surface area contributed by atoms with Gasteiger partial charge in [0.2, 0.25) is 5.91 Å². The first-order valence-corrected chi connectivity index (χ1v) is 11.8. The number of halogens is 1. The predicted molar refractivity (Wildman–Crippen MR) is 123 cm³/mol. The number of thioether (sulfide) groups is 1. The van der Waals surface area contributed by atoms with Crippen molar-refractivity contribution in [3.63, 3.8) is 0 Å². The molecule has 0 spiro atoms. The number of carbonyl (C=O) groups is 2. The molecule has 2 aliphatic heterocycles. The monoisotopic (exact) mass is 466 g/mol. The molecule has 1 saturated heterocycles. The van der Waals surface area contributed by atoms with Gasteiger partial charge in [-0.15, -0.1) is 10.2 Å². The van der Waals surface area contributed by atoms with Gasteiger partial charge < -0.3 is 9.64 Å². The van der Waals surface area contributed by atoms with Gasteiger partial charge in [0.1, 0.15) is 5.82 Å². The van der Waals surface area contributed by atoms with Gasteiger partial charge >= 0.3 is 0 Å². The van der Waals surface area contributed by atoms with E-state index >= 15 is 0 Å². The highest BCUT2D eigenvalue weighted by atomic mass is 32.2. The molecule has 0 N–H and O–H groups in total. The molecule has 5 rings (SSSR count). The molecule has 1 fully saturated rings. The van der Waals surface area contributed by atoms with Gasteiger partial charge in [0.15, 0.2) is 16.8 Å². The molecule has 2 aliphatic rings. The number of anilines is 1. The van der Waals surface area contributed by atoms with E-state index in [1.807, 2.05) is 10.6 Å². The number of aromatic nitrogens is 3. The van der Waals surface area contributed by atoms with Crippen molar-refractivity contribution in [1.82, 2.24) is 14.8 Å². The van der Waals surface area contributed by atoms with E-state index in [-0.39, 0.29) is 29.4 Å². The van der Waals surface area contributed by atoms with E-state index in [0.29, 0.717) is 29.5 Å². The minimum atomic E-state index is -0.314. The van der Waals surface area contributed by atoms with Crippen LogP contribution in [0.5, 0.6) is 0 Å². The standard InChI is InChI=1S/C24H23FN4O3S/c1-28-20-9-6-16(11-17(20)12-22(28)31)21(30)14-33-24-27-26-23(15-4-7-18(25)8-5-15)29(24)13-19-3-2-10-32-19/h4-9,11,19H,2-3,10,12-14H2,1H3/t19-/m1/s1. The third-order valence-corrected chi connectivity index (χ3v) is 7.01. The Kier molecular flexibility index (Phi) is 5.99. The molecule has 0 radical (unpaired) electrons. The molecule has 1 aromatic heterocycles. The summed E-state index contributed by atoms with van der Waals surface area (Å²) in [6, 6.07) is 11.5. The van der Waals surface area contributed by atoms with Gasteiger partial charge in [-0.2, -0.15) is 0 Å². The average molecular weight is 467 g/mol. The quantitative estimate of drug-likeness (QED) is 0.390. The van der Waals surface area contributed by atoms with Gasteiger partial charge in [0.25, 0.3) is 0 Å². The van der Waals surface area contributed by atoms with Crippen LogP contribution < -0.4 is 4.90 Å². The lowest BCUT2D eigenvalue weighted by Crippen LogP contribution is -2.20. The van der Waals surface area contributed by atoms with Crippen molar-refractivity contribution >= 4 is 29.1 Å². The smallest absolute Gasteiger partial charge is 0.231 e. The van der Waals surface area contributed by atoms with E-state index in [9.17, 15) is 14.0 Å². The maximum absolute atomic E-state index is 13.4. The second-order valence-corrected chi connectivity index (χ2v) is 9.19. The molecule has 1 amide bonds. The lowest BCUT2D eigenvalue weighted by molar-refractivity contribution is -0.117. The molecule has 0 bridgehead atoms. The number of likely N-dealkylation sites (N-methyl/N-ethyl adjacent to an activating group) is 1. The van der Waals surface area contributed by atoms with Crippen LogP contribution in [0.25, 0.3) is 11.4 Å². The van der Waals surface area contributed by atoms with Gasteiger partial charge in [-0.1, -0.05) is 11.8 Å². The second kappa shape index (κ2) is 9.07. The number of hydrogen-bond acceptors (Lipinski definition) is 6. The Morgan fingerprint density at radius 3 is 2.79 bits per heavy atom. The Labute approximate surface area is 194 Å². The van der Waals surface area contributed by atoms with E-state index in [0.717, 1.165) is 36.3 Å². The zero-order chi connectivity index (χ0) is 22.9. The molecule has 0 saturated carbocycles. The van der Waals surface area contributed by atoms with E-state index in [4.69, 9.17) is 4.74 Å². The fraction of sp³-hybridized carbons (Fsp3) is 0.333. The zero-order valence-electron chi connectivity index (χ0n) is 18.2. The Balaban J connectivity index is 1.35. The van der Waals surface area contributed by atoms with Crippen LogP contribution in [-0.2, 0) is 22.5 Å². The van der Waals surface area contributed by atoms with E-state index in [1.165, 1.54) is 23.9 Å². The second-order valence-electron chi connectivity index (χ2n) is 8.24. The minimum absolute atomic E-state index is 0.0273. The molecule has 9 heteroatoms. The van der Waals surface area contributed by atoms with Crippen molar-refractivity contribution in [3.05, 3.63) is 59.4 Å². The molecule has 7 nitrogen and oxygen atoms in total. The summed E-state index contributed by atoms with van der Waals surface area (Å²) >= 11 is 1.32. The summed E-state index contributed by atoms with van der Waals surface area (Å²) in [6.07, 6.45) is 2.33.